The van der Waals surface area contributed by atoms with Crippen molar-refractivity contribution in [3.8, 4) is 5.75 Å². The van der Waals surface area contributed by atoms with E-state index < -0.39 is 0 Å². The van der Waals surface area contributed by atoms with Crippen LogP contribution in [0.15, 0.2) is 36.4 Å². The molecule has 0 saturated carbocycles. The van der Waals surface area contributed by atoms with Gasteiger partial charge in [-0.3, -0.25) is 0 Å². The molecule has 0 aliphatic heterocycles. The number of ether oxygens (including phenoxy) is 1. The molecule has 20 heavy (non-hydrogen) atoms. The highest BCUT2D eigenvalue weighted by atomic mass is 35.5. The van der Waals surface area contributed by atoms with Crippen LogP contribution in [0.2, 0.25) is 5.02 Å². The molecule has 1 atom stereocenters. The van der Waals surface area contributed by atoms with E-state index in [1.807, 2.05) is 26.0 Å². The molecule has 0 radical (unpaired) electrons. The Hall–Kier alpha value is -1.58. The third kappa shape index (κ3) is 3.30. The summed E-state index contributed by atoms with van der Waals surface area (Å²) in [4.78, 5) is 0. The first kappa shape index (κ1) is 14.8. The molecule has 1 unspecified atom stereocenters. The van der Waals surface area contributed by atoms with Gasteiger partial charge in [0.2, 0.25) is 0 Å². The molecule has 0 aromatic heterocycles. The van der Waals surface area contributed by atoms with Crippen LogP contribution in [0.5, 0.6) is 5.75 Å². The van der Waals surface area contributed by atoms with E-state index in [1.165, 1.54) is 12.1 Å². The smallest absolute Gasteiger partial charge is 0.136 e. The van der Waals surface area contributed by atoms with Crippen LogP contribution in [0.25, 0.3) is 0 Å². The quantitative estimate of drug-likeness (QED) is 0.918. The van der Waals surface area contributed by atoms with Crippen LogP contribution >= 0.6 is 11.6 Å². The molecular weight excluding hydrogens is 277 g/mol. The van der Waals surface area contributed by atoms with E-state index in [1.54, 1.807) is 12.1 Å². The van der Waals surface area contributed by atoms with Gasteiger partial charge in [-0.05, 0) is 54.8 Å². The Morgan fingerprint density at radius 2 is 1.85 bits per heavy atom. The normalized spacial score (nSPS) is 12.2. The first-order valence-electron chi connectivity index (χ1n) is 6.40. The molecule has 2 nitrogen and oxygen atoms in total. The standard InChI is InChI=1S/C16H17ClFNO/c1-10-6-14(7-11(2)16(10)17)20-15(9-19)12-4-3-5-13(18)8-12/h3-8,15H,9,19H2,1-2H3. The number of hydrogen-bond acceptors (Lipinski definition) is 2. The second-order valence-corrected chi connectivity index (χ2v) is 5.15. The van der Waals surface area contributed by atoms with E-state index in [0.29, 0.717) is 5.75 Å². The maximum absolute atomic E-state index is 13.3. The molecule has 0 bridgehead atoms. The van der Waals surface area contributed by atoms with Crippen molar-refractivity contribution in [2.24, 2.45) is 5.73 Å². The largest absolute Gasteiger partial charge is 0.484 e. The highest BCUT2D eigenvalue weighted by molar-refractivity contribution is 6.32. The van der Waals surface area contributed by atoms with Gasteiger partial charge in [0.1, 0.15) is 17.7 Å². The van der Waals surface area contributed by atoms with Gasteiger partial charge in [-0.15, -0.1) is 0 Å². The van der Waals surface area contributed by atoms with E-state index in [-0.39, 0.29) is 18.5 Å². The van der Waals surface area contributed by atoms with Gasteiger partial charge in [0.25, 0.3) is 0 Å². The summed E-state index contributed by atoms with van der Waals surface area (Å²) in [5.41, 5.74) is 8.34. The second-order valence-electron chi connectivity index (χ2n) is 4.77. The Morgan fingerprint density at radius 3 is 2.40 bits per heavy atom. The van der Waals surface area contributed by atoms with Gasteiger partial charge >= 0.3 is 0 Å². The summed E-state index contributed by atoms with van der Waals surface area (Å²) in [5, 5.41) is 0.729. The number of halogens is 2. The van der Waals surface area contributed by atoms with Crippen LogP contribution in [0.1, 0.15) is 22.8 Å². The topological polar surface area (TPSA) is 35.2 Å². The summed E-state index contributed by atoms with van der Waals surface area (Å²) in [6.07, 6.45) is -0.384. The van der Waals surface area contributed by atoms with Crippen molar-refractivity contribution in [3.05, 3.63) is 63.9 Å². The fraction of sp³-hybridized carbons (Fsp3) is 0.250. The van der Waals surface area contributed by atoms with Crippen molar-refractivity contribution in [2.45, 2.75) is 20.0 Å². The zero-order chi connectivity index (χ0) is 14.7. The Labute approximate surface area is 123 Å². The lowest BCUT2D eigenvalue weighted by Crippen LogP contribution is -2.18. The van der Waals surface area contributed by atoms with Crippen LogP contribution in [-0.4, -0.2) is 6.54 Å². The summed E-state index contributed by atoms with van der Waals surface area (Å²) in [6.45, 7) is 4.10. The van der Waals surface area contributed by atoms with Gasteiger partial charge in [0.15, 0.2) is 0 Å². The maximum Gasteiger partial charge on any atom is 0.136 e. The molecule has 4 heteroatoms. The summed E-state index contributed by atoms with van der Waals surface area (Å²) in [5.74, 6) is 0.386. The van der Waals surface area contributed by atoms with E-state index >= 15 is 0 Å². The predicted octanol–water partition coefficient (Wildman–Crippen LogP) is 4.17. The number of rotatable bonds is 4. The molecule has 0 saturated heterocycles. The van der Waals surface area contributed by atoms with Gasteiger partial charge in [-0.2, -0.15) is 0 Å². The number of benzene rings is 2. The molecule has 2 aromatic carbocycles. The minimum absolute atomic E-state index is 0.268. The maximum atomic E-state index is 13.3. The molecular formula is C16H17ClFNO. The molecule has 0 fully saturated rings. The number of aryl methyl sites for hydroxylation is 2. The van der Waals surface area contributed by atoms with Crippen molar-refractivity contribution in [1.82, 2.24) is 0 Å². The van der Waals surface area contributed by atoms with Crippen LogP contribution in [-0.2, 0) is 0 Å². The number of hydrogen-bond donors (Lipinski definition) is 1. The minimum Gasteiger partial charge on any atom is -0.484 e. The summed E-state index contributed by atoms with van der Waals surface area (Å²) in [7, 11) is 0. The van der Waals surface area contributed by atoms with E-state index in [4.69, 9.17) is 22.1 Å². The highest BCUT2D eigenvalue weighted by Gasteiger charge is 2.13. The second kappa shape index (κ2) is 6.25. The number of nitrogens with two attached hydrogens (primary N) is 1. The summed E-state index contributed by atoms with van der Waals surface area (Å²) >= 11 is 6.13. The zero-order valence-corrected chi connectivity index (χ0v) is 12.2. The first-order chi connectivity index (χ1) is 9.51. The molecule has 2 rings (SSSR count). The average Bonchev–Trinajstić information content (AvgIpc) is 2.42. The first-order valence-corrected chi connectivity index (χ1v) is 6.78. The van der Waals surface area contributed by atoms with Crippen LogP contribution in [0, 0.1) is 19.7 Å². The summed E-state index contributed by atoms with van der Waals surface area (Å²) < 4.78 is 19.1. The molecule has 0 spiro atoms. The third-order valence-electron chi connectivity index (χ3n) is 3.12. The average molecular weight is 294 g/mol. The predicted molar refractivity (Wildman–Crippen MR) is 79.7 cm³/mol. The molecule has 2 aromatic rings. The highest BCUT2D eigenvalue weighted by Crippen LogP contribution is 2.29. The lowest BCUT2D eigenvalue weighted by atomic mass is 10.1. The van der Waals surface area contributed by atoms with Gasteiger partial charge < -0.3 is 10.5 Å². The lowest BCUT2D eigenvalue weighted by molar-refractivity contribution is 0.213. The van der Waals surface area contributed by atoms with Gasteiger partial charge in [0, 0.05) is 11.6 Å². The summed E-state index contributed by atoms with van der Waals surface area (Å²) in [6, 6.07) is 10.0. The minimum atomic E-state index is -0.384. The van der Waals surface area contributed by atoms with Crippen LogP contribution in [0.4, 0.5) is 4.39 Å². The fourth-order valence-corrected chi connectivity index (χ4v) is 2.21. The molecule has 2 N–H and O–H groups in total. The van der Waals surface area contributed by atoms with Gasteiger partial charge in [-0.25, -0.2) is 4.39 Å². The molecule has 0 heterocycles. The molecule has 106 valence electrons. The SMILES string of the molecule is Cc1cc(OC(CN)c2cccc(F)c2)cc(C)c1Cl. The van der Waals surface area contributed by atoms with Gasteiger partial charge in [0.05, 0.1) is 0 Å². The van der Waals surface area contributed by atoms with Crippen LogP contribution < -0.4 is 10.5 Å². The Bertz CT molecular complexity index is 592. The van der Waals surface area contributed by atoms with Crippen molar-refractivity contribution in [1.29, 1.82) is 0 Å². The Morgan fingerprint density at radius 1 is 1.20 bits per heavy atom. The fourth-order valence-electron chi connectivity index (χ4n) is 2.10. The monoisotopic (exact) mass is 293 g/mol. The Balaban J connectivity index is 2.27. The van der Waals surface area contributed by atoms with E-state index in [0.717, 1.165) is 21.7 Å². The van der Waals surface area contributed by atoms with Crippen molar-refractivity contribution in [3.63, 3.8) is 0 Å². The Kier molecular flexibility index (Phi) is 4.63. The van der Waals surface area contributed by atoms with Gasteiger partial charge in [-0.1, -0.05) is 23.7 Å². The van der Waals surface area contributed by atoms with Crippen molar-refractivity contribution >= 4 is 11.6 Å². The zero-order valence-electron chi connectivity index (χ0n) is 11.5. The van der Waals surface area contributed by atoms with E-state index in [9.17, 15) is 4.39 Å². The van der Waals surface area contributed by atoms with Crippen molar-refractivity contribution in [2.75, 3.05) is 6.54 Å². The molecule has 0 amide bonds. The lowest BCUT2D eigenvalue weighted by Gasteiger charge is -2.19. The van der Waals surface area contributed by atoms with Crippen LogP contribution in [0.3, 0.4) is 0 Å². The molecule has 0 aliphatic rings. The van der Waals surface area contributed by atoms with E-state index in [2.05, 4.69) is 0 Å². The molecule has 0 aliphatic carbocycles. The third-order valence-corrected chi connectivity index (χ3v) is 3.72. The van der Waals surface area contributed by atoms with Crippen molar-refractivity contribution < 1.29 is 9.13 Å².